The van der Waals surface area contributed by atoms with Crippen molar-refractivity contribution in [3.05, 3.63) is 29.1 Å². The van der Waals surface area contributed by atoms with Crippen LogP contribution in [0.3, 0.4) is 0 Å². The summed E-state index contributed by atoms with van der Waals surface area (Å²) in [4.78, 5) is 27.1. The van der Waals surface area contributed by atoms with Gasteiger partial charge in [-0.05, 0) is 18.1 Å². The zero-order valence-electron chi connectivity index (χ0n) is 9.09. The number of carbonyl (C=O) groups is 2. The Balaban J connectivity index is 2.28. The van der Waals surface area contributed by atoms with Crippen molar-refractivity contribution in [2.24, 2.45) is 11.5 Å². The van der Waals surface area contributed by atoms with Crippen LogP contribution in [0, 0.1) is 0 Å². The highest BCUT2D eigenvalue weighted by Crippen LogP contribution is 2.36. The first-order valence-corrected chi connectivity index (χ1v) is 5.87. The summed E-state index contributed by atoms with van der Waals surface area (Å²) in [7, 11) is 0. The molecule has 2 rings (SSSR count). The highest BCUT2D eigenvalue weighted by atomic mass is 32.1. The Kier molecular flexibility index (Phi) is 3.17. The van der Waals surface area contributed by atoms with Crippen LogP contribution in [0.15, 0.2) is 12.3 Å². The van der Waals surface area contributed by atoms with E-state index in [1.807, 2.05) is 0 Å². The van der Waals surface area contributed by atoms with Gasteiger partial charge in [0.15, 0.2) is 5.78 Å². The van der Waals surface area contributed by atoms with Gasteiger partial charge < -0.3 is 11.5 Å². The maximum atomic E-state index is 11.9. The summed E-state index contributed by atoms with van der Waals surface area (Å²) >= 11 is 4.00. The van der Waals surface area contributed by atoms with Crippen LogP contribution in [-0.4, -0.2) is 28.5 Å². The second-order valence-corrected chi connectivity index (χ2v) is 4.40. The molecule has 0 aromatic carbocycles. The van der Waals surface area contributed by atoms with Crippen LogP contribution in [0.4, 0.5) is 0 Å². The lowest BCUT2D eigenvalue weighted by molar-refractivity contribution is -0.121. The molecule has 6 heteroatoms. The smallest absolute Gasteiger partial charge is 0.249 e. The van der Waals surface area contributed by atoms with Gasteiger partial charge in [0.05, 0.1) is 17.7 Å². The van der Waals surface area contributed by atoms with Crippen molar-refractivity contribution in [3.8, 4) is 0 Å². The highest BCUT2D eigenvalue weighted by molar-refractivity contribution is 7.80. The molecule has 1 aliphatic rings. The summed E-state index contributed by atoms with van der Waals surface area (Å²) in [5, 5.41) is 0. The van der Waals surface area contributed by atoms with Gasteiger partial charge in [-0.2, -0.15) is 12.6 Å². The zero-order valence-corrected chi connectivity index (χ0v) is 9.98. The molecule has 1 aromatic heterocycles. The predicted octanol–water partition coefficient (Wildman–Crippen LogP) is -0.354. The maximum Gasteiger partial charge on any atom is 0.249 e. The number of thiol groups is 1. The summed E-state index contributed by atoms with van der Waals surface area (Å²) in [6.45, 7) is 0. The Morgan fingerprint density at radius 3 is 2.88 bits per heavy atom. The second-order valence-electron chi connectivity index (χ2n) is 4.03. The fourth-order valence-corrected chi connectivity index (χ4v) is 2.19. The molecular formula is C11H13N3O2S. The number of fused-ring (bicyclic) bond motifs is 1. The lowest BCUT2D eigenvalue weighted by Crippen LogP contribution is -2.41. The van der Waals surface area contributed by atoms with Crippen LogP contribution in [0.2, 0.25) is 0 Å². The number of nitrogens with two attached hydrogens (primary N) is 2. The summed E-state index contributed by atoms with van der Waals surface area (Å²) in [6.07, 6.45) is 1.98. The highest BCUT2D eigenvalue weighted by Gasteiger charge is 2.38. The van der Waals surface area contributed by atoms with E-state index in [0.717, 1.165) is 5.56 Å². The molecule has 1 unspecified atom stereocenters. The second kappa shape index (κ2) is 4.46. The number of aromatic nitrogens is 1. The molecule has 90 valence electrons. The first kappa shape index (κ1) is 12.1. The number of pyridine rings is 1. The third-order valence-corrected chi connectivity index (χ3v) is 3.39. The predicted molar refractivity (Wildman–Crippen MR) is 66.0 cm³/mol. The molecule has 0 radical (unpaired) electrons. The lowest BCUT2D eigenvalue weighted by Gasteiger charge is -2.30. The summed E-state index contributed by atoms with van der Waals surface area (Å²) in [6, 6.07) is 0.982. The van der Waals surface area contributed by atoms with E-state index in [0.29, 0.717) is 23.4 Å². The number of carbonyl (C=O) groups excluding carboxylic acids is 2. The van der Waals surface area contributed by atoms with Gasteiger partial charge in [-0.15, -0.1) is 0 Å². The number of amides is 1. The van der Waals surface area contributed by atoms with Crippen LogP contribution in [0.5, 0.6) is 0 Å². The number of rotatable bonds is 4. The van der Waals surface area contributed by atoms with Crippen molar-refractivity contribution >= 4 is 24.3 Å². The van der Waals surface area contributed by atoms with Gasteiger partial charge in [0.1, 0.15) is 0 Å². The van der Waals surface area contributed by atoms with Gasteiger partial charge >= 0.3 is 0 Å². The summed E-state index contributed by atoms with van der Waals surface area (Å²) in [5.74, 6) is -0.582. The maximum absolute atomic E-state index is 11.9. The molecular weight excluding hydrogens is 238 g/mol. The molecule has 17 heavy (non-hydrogen) atoms. The number of nitrogens with zero attached hydrogens (tertiary/aromatic N) is 1. The van der Waals surface area contributed by atoms with Gasteiger partial charge in [0.25, 0.3) is 0 Å². The Bertz CT molecular complexity index is 490. The molecule has 1 aromatic rings. The minimum Gasteiger partial charge on any atom is -0.366 e. The van der Waals surface area contributed by atoms with E-state index < -0.39 is 11.9 Å². The topological polar surface area (TPSA) is 99.1 Å². The SMILES string of the molecule is NC(=O)c1ccnc2c1CC2C(=O)[C@@H](N)CS. The first-order chi connectivity index (χ1) is 8.06. The van der Waals surface area contributed by atoms with E-state index in [9.17, 15) is 9.59 Å². The van der Waals surface area contributed by atoms with E-state index in [4.69, 9.17) is 11.5 Å². The van der Waals surface area contributed by atoms with Gasteiger partial charge in [-0.25, -0.2) is 0 Å². The molecule has 4 N–H and O–H groups in total. The molecule has 0 spiro atoms. The van der Waals surface area contributed by atoms with E-state index in [2.05, 4.69) is 17.6 Å². The van der Waals surface area contributed by atoms with Crippen molar-refractivity contribution in [2.45, 2.75) is 18.4 Å². The quantitative estimate of drug-likeness (QED) is 0.637. The molecule has 2 atom stereocenters. The standard InChI is InChI=1S/C11H13N3O2S/c12-8(4-17)10(15)7-3-6-5(11(13)16)1-2-14-9(6)7/h1-2,7-8,17H,3-4,12H2,(H2,13,16)/t7?,8-/m0/s1. The molecule has 0 fully saturated rings. The number of primary amides is 1. The largest absolute Gasteiger partial charge is 0.366 e. The molecule has 0 saturated heterocycles. The lowest BCUT2D eigenvalue weighted by atomic mass is 9.75. The van der Waals surface area contributed by atoms with Gasteiger partial charge in [-0.1, -0.05) is 0 Å². The third-order valence-electron chi connectivity index (χ3n) is 3.00. The summed E-state index contributed by atoms with van der Waals surface area (Å²) in [5.41, 5.74) is 12.7. The first-order valence-electron chi connectivity index (χ1n) is 5.24. The van der Waals surface area contributed by atoms with Gasteiger partial charge in [-0.3, -0.25) is 14.6 Å². The zero-order chi connectivity index (χ0) is 12.6. The number of ketones is 1. The summed E-state index contributed by atoms with van der Waals surface area (Å²) < 4.78 is 0. The van der Waals surface area contributed by atoms with E-state index in [1.165, 1.54) is 6.20 Å². The van der Waals surface area contributed by atoms with Crippen LogP contribution < -0.4 is 11.5 Å². The number of hydrogen-bond acceptors (Lipinski definition) is 5. The van der Waals surface area contributed by atoms with Gasteiger partial charge in [0, 0.05) is 17.5 Å². The molecule has 0 saturated carbocycles. The third kappa shape index (κ3) is 1.94. The molecule has 1 heterocycles. The van der Waals surface area contributed by atoms with E-state index in [-0.39, 0.29) is 11.7 Å². The van der Waals surface area contributed by atoms with Crippen molar-refractivity contribution in [1.82, 2.24) is 4.98 Å². The fourth-order valence-electron chi connectivity index (χ4n) is 2.01. The normalized spacial score (nSPS) is 19.1. The monoisotopic (exact) mass is 251 g/mol. The minimum absolute atomic E-state index is 0.0818. The molecule has 0 bridgehead atoms. The van der Waals surface area contributed by atoms with Crippen molar-refractivity contribution < 1.29 is 9.59 Å². The molecule has 5 nitrogen and oxygen atoms in total. The van der Waals surface area contributed by atoms with Crippen molar-refractivity contribution in [2.75, 3.05) is 5.75 Å². The Labute approximate surface area is 104 Å². The van der Waals surface area contributed by atoms with E-state index >= 15 is 0 Å². The number of hydrogen-bond donors (Lipinski definition) is 3. The van der Waals surface area contributed by atoms with Crippen molar-refractivity contribution in [1.29, 1.82) is 0 Å². The number of Topliss-reactive ketones (excluding diaryl/α,β-unsaturated/α-hetero) is 1. The van der Waals surface area contributed by atoms with Crippen LogP contribution >= 0.6 is 12.6 Å². The average Bonchev–Trinajstić information content (AvgIpc) is 2.28. The van der Waals surface area contributed by atoms with Gasteiger partial charge in [0.2, 0.25) is 5.91 Å². The molecule has 1 amide bonds. The molecule has 0 aliphatic heterocycles. The fraction of sp³-hybridized carbons (Fsp3) is 0.364. The van der Waals surface area contributed by atoms with Crippen LogP contribution in [-0.2, 0) is 11.2 Å². The van der Waals surface area contributed by atoms with Crippen LogP contribution in [0.1, 0.15) is 27.5 Å². The van der Waals surface area contributed by atoms with E-state index in [1.54, 1.807) is 6.07 Å². The Morgan fingerprint density at radius 2 is 2.29 bits per heavy atom. The average molecular weight is 251 g/mol. The van der Waals surface area contributed by atoms with Crippen molar-refractivity contribution in [3.63, 3.8) is 0 Å². The Morgan fingerprint density at radius 1 is 1.59 bits per heavy atom. The molecule has 1 aliphatic carbocycles. The van der Waals surface area contributed by atoms with Crippen LogP contribution in [0.25, 0.3) is 0 Å². The Hall–Kier alpha value is -1.40. The minimum atomic E-state index is -0.587.